The number of H-pyrrole nitrogens is 1. The number of carboxylic acids is 1. The normalized spacial score (nSPS) is 11.3. The van der Waals surface area contributed by atoms with Gasteiger partial charge in [-0.15, -0.1) is 5.10 Å². The van der Waals surface area contributed by atoms with E-state index in [0.29, 0.717) is 5.82 Å². The number of rotatable bonds is 5. The molecule has 0 spiro atoms. The third kappa shape index (κ3) is 3.94. The maximum absolute atomic E-state index is 11.2. The molecule has 1 aromatic heterocycles. The lowest BCUT2D eigenvalue weighted by Crippen LogP contribution is -2.19. The first-order chi connectivity index (χ1) is 6.89. The van der Waals surface area contributed by atoms with Gasteiger partial charge in [0.1, 0.15) is 5.82 Å². The van der Waals surface area contributed by atoms with Crippen molar-refractivity contribution in [1.82, 2.24) is 15.2 Å². The summed E-state index contributed by atoms with van der Waals surface area (Å²) in [4.78, 5) is 13.9. The third-order valence-electron chi connectivity index (χ3n) is 1.43. The Hall–Kier alpha value is -1.64. The van der Waals surface area contributed by atoms with Gasteiger partial charge in [0.2, 0.25) is 10.0 Å². The molecule has 84 valence electrons. The molecule has 1 rings (SSSR count). The summed E-state index contributed by atoms with van der Waals surface area (Å²) in [7, 11) is -3.69. The first-order valence-corrected chi connectivity index (χ1v) is 5.65. The summed E-state index contributed by atoms with van der Waals surface area (Å²) in [6.45, 7) is 1.61. The lowest BCUT2D eigenvalue weighted by molar-refractivity contribution is -0.136. The van der Waals surface area contributed by atoms with Gasteiger partial charge in [0, 0.05) is 0 Å². The van der Waals surface area contributed by atoms with Gasteiger partial charge in [-0.3, -0.25) is 9.89 Å². The van der Waals surface area contributed by atoms with Crippen LogP contribution in [0.5, 0.6) is 0 Å². The molecule has 0 radical (unpaired) electrons. The van der Waals surface area contributed by atoms with Crippen molar-refractivity contribution in [2.75, 3.05) is 10.5 Å². The highest BCUT2D eigenvalue weighted by atomic mass is 32.2. The summed E-state index contributed by atoms with van der Waals surface area (Å²) in [5, 5.41) is 14.3. The van der Waals surface area contributed by atoms with Crippen molar-refractivity contribution in [2.24, 2.45) is 0 Å². The minimum atomic E-state index is -3.69. The fourth-order valence-electron chi connectivity index (χ4n) is 0.800. The van der Waals surface area contributed by atoms with E-state index >= 15 is 0 Å². The van der Waals surface area contributed by atoms with Crippen LogP contribution >= 0.6 is 0 Å². The van der Waals surface area contributed by atoms with Crippen molar-refractivity contribution in [3.8, 4) is 0 Å². The quantitative estimate of drug-likeness (QED) is 0.620. The third-order valence-corrected chi connectivity index (χ3v) is 2.66. The molecule has 8 nitrogen and oxygen atoms in total. The van der Waals surface area contributed by atoms with Gasteiger partial charge in [-0.25, -0.2) is 13.1 Å². The molecule has 0 aliphatic heterocycles. The summed E-state index contributed by atoms with van der Waals surface area (Å²) in [5.41, 5.74) is 0. The Balaban J connectivity index is 2.60. The maximum atomic E-state index is 11.2. The largest absolute Gasteiger partial charge is 0.481 e. The van der Waals surface area contributed by atoms with Crippen LogP contribution in [0.3, 0.4) is 0 Å². The van der Waals surface area contributed by atoms with Crippen molar-refractivity contribution in [3.05, 3.63) is 5.82 Å². The smallest absolute Gasteiger partial charge is 0.304 e. The van der Waals surface area contributed by atoms with Gasteiger partial charge in [-0.2, -0.15) is 4.98 Å². The molecule has 0 fully saturated rings. The lowest BCUT2D eigenvalue weighted by Gasteiger charge is -2.01. The predicted octanol–water partition coefficient (Wildman–Crippen LogP) is -0.670. The highest BCUT2D eigenvalue weighted by Gasteiger charge is 2.14. The average Bonchev–Trinajstić information content (AvgIpc) is 2.47. The van der Waals surface area contributed by atoms with Crippen molar-refractivity contribution in [2.45, 2.75) is 13.3 Å². The van der Waals surface area contributed by atoms with Gasteiger partial charge in [0.25, 0.3) is 5.95 Å². The predicted molar refractivity (Wildman–Crippen MR) is 50.8 cm³/mol. The maximum Gasteiger partial charge on any atom is 0.304 e. The summed E-state index contributed by atoms with van der Waals surface area (Å²) < 4.78 is 24.5. The van der Waals surface area contributed by atoms with Crippen LogP contribution in [0.25, 0.3) is 0 Å². The molecule has 0 aliphatic rings. The number of anilines is 1. The Bertz CT molecular complexity index is 451. The molecule has 0 atom stereocenters. The molecule has 3 N–H and O–H groups in total. The van der Waals surface area contributed by atoms with Gasteiger partial charge in [-0.1, -0.05) is 0 Å². The Morgan fingerprint density at radius 3 is 2.73 bits per heavy atom. The molecule has 0 amide bonds. The van der Waals surface area contributed by atoms with Crippen LogP contribution in [0.4, 0.5) is 5.95 Å². The number of carbonyl (C=O) groups is 1. The van der Waals surface area contributed by atoms with E-state index in [0.717, 1.165) is 0 Å². The number of aliphatic carboxylic acids is 1. The van der Waals surface area contributed by atoms with Crippen LogP contribution in [0.1, 0.15) is 12.2 Å². The van der Waals surface area contributed by atoms with E-state index in [-0.39, 0.29) is 5.95 Å². The van der Waals surface area contributed by atoms with Crippen molar-refractivity contribution >= 4 is 21.9 Å². The van der Waals surface area contributed by atoms with Crippen LogP contribution in [-0.2, 0) is 14.8 Å². The molecule has 0 bridgehead atoms. The van der Waals surface area contributed by atoms with Gasteiger partial charge >= 0.3 is 5.97 Å². The molecule has 0 saturated carbocycles. The molecule has 1 aromatic rings. The number of hydrogen-bond donors (Lipinski definition) is 3. The minimum absolute atomic E-state index is 0.0853. The minimum Gasteiger partial charge on any atom is -0.481 e. The SMILES string of the molecule is Cc1nc(NS(=O)(=O)CCC(=O)O)n[nH]1. The van der Waals surface area contributed by atoms with Crippen LogP contribution in [0, 0.1) is 6.92 Å². The number of aromatic nitrogens is 3. The summed E-state index contributed by atoms with van der Waals surface area (Å²) in [6.07, 6.45) is -0.460. The zero-order valence-corrected chi connectivity index (χ0v) is 8.71. The zero-order chi connectivity index (χ0) is 11.5. The fraction of sp³-hybridized carbons (Fsp3) is 0.500. The van der Waals surface area contributed by atoms with Crippen molar-refractivity contribution in [1.29, 1.82) is 0 Å². The van der Waals surface area contributed by atoms with Gasteiger partial charge in [0.15, 0.2) is 0 Å². The molecule has 1 heterocycles. The average molecular weight is 234 g/mol. The first kappa shape index (κ1) is 11.4. The number of carboxylic acid groups (broad SMARTS) is 1. The van der Waals surface area contributed by atoms with E-state index in [4.69, 9.17) is 5.11 Å². The molecule has 0 aliphatic carbocycles. The molecule has 0 saturated heterocycles. The van der Waals surface area contributed by atoms with E-state index < -0.39 is 28.2 Å². The highest BCUT2D eigenvalue weighted by Crippen LogP contribution is 2.02. The van der Waals surface area contributed by atoms with E-state index in [1.807, 2.05) is 4.72 Å². The van der Waals surface area contributed by atoms with Crippen molar-refractivity contribution < 1.29 is 18.3 Å². The number of aryl methyl sites for hydroxylation is 1. The van der Waals surface area contributed by atoms with Gasteiger partial charge in [-0.05, 0) is 6.92 Å². The van der Waals surface area contributed by atoms with Crippen LogP contribution in [-0.4, -0.2) is 40.4 Å². The fourth-order valence-corrected chi connectivity index (χ4v) is 1.72. The van der Waals surface area contributed by atoms with Gasteiger partial charge in [0.05, 0.1) is 12.2 Å². The second-order valence-electron chi connectivity index (χ2n) is 2.81. The van der Waals surface area contributed by atoms with E-state index in [2.05, 4.69) is 15.2 Å². The molecule has 0 aromatic carbocycles. The summed E-state index contributed by atoms with van der Waals surface area (Å²) >= 11 is 0. The highest BCUT2D eigenvalue weighted by molar-refractivity contribution is 7.92. The van der Waals surface area contributed by atoms with Crippen LogP contribution in [0.2, 0.25) is 0 Å². The van der Waals surface area contributed by atoms with E-state index in [1.165, 1.54) is 0 Å². The monoisotopic (exact) mass is 234 g/mol. The van der Waals surface area contributed by atoms with E-state index in [1.54, 1.807) is 6.92 Å². The molecule has 0 unspecified atom stereocenters. The Morgan fingerprint density at radius 1 is 1.60 bits per heavy atom. The van der Waals surface area contributed by atoms with Gasteiger partial charge < -0.3 is 5.11 Å². The second-order valence-corrected chi connectivity index (χ2v) is 4.65. The molecular formula is C6H10N4O4S. The Labute approximate surface area is 85.8 Å². The van der Waals surface area contributed by atoms with Crippen LogP contribution in [0.15, 0.2) is 0 Å². The number of aromatic amines is 1. The number of nitrogens with one attached hydrogen (secondary N) is 2. The topological polar surface area (TPSA) is 125 Å². The number of sulfonamides is 1. The first-order valence-electron chi connectivity index (χ1n) is 4.00. The summed E-state index contributed by atoms with van der Waals surface area (Å²) in [6, 6.07) is 0. The van der Waals surface area contributed by atoms with Crippen LogP contribution < -0.4 is 4.72 Å². The molecular weight excluding hydrogens is 224 g/mol. The standard InChI is InChI=1S/C6H10N4O4S/c1-4-7-6(9-8-4)10-15(13,14)3-2-5(11)12/h2-3H2,1H3,(H,11,12)(H2,7,8,9,10). The van der Waals surface area contributed by atoms with E-state index in [9.17, 15) is 13.2 Å². The zero-order valence-electron chi connectivity index (χ0n) is 7.89. The Morgan fingerprint density at radius 2 is 2.27 bits per heavy atom. The lowest BCUT2D eigenvalue weighted by atomic mass is 10.5. The molecule has 9 heteroatoms. The van der Waals surface area contributed by atoms with Crippen molar-refractivity contribution in [3.63, 3.8) is 0 Å². The molecule has 15 heavy (non-hydrogen) atoms. The summed E-state index contributed by atoms with van der Waals surface area (Å²) in [5.74, 6) is -1.30. The number of hydrogen-bond acceptors (Lipinski definition) is 5. The number of nitrogens with zero attached hydrogens (tertiary/aromatic N) is 2. The Kier molecular flexibility index (Phi) is 3.24. The second kappa shape index (κ2) is 4.26.